The quantitative estimate of drug-likeness (QED) is 0.564. The van der Waals surface area contributed by atoms with Gasteiger partial charge in [0.1, 0.15) is 0 Å². The summed E-state index contributed by atoms with van der Waals surface area (Å²) < 4.78 is 0. The molecule has 0 aromatic rings. The Morgan fingerprint density at radius 3 is 2.77 bits per heavy atom. The maximum Gasteiger partial charge on any atom is -0.00559 e. The van der Waals surface area contributed by atoms with Gasteiger partial charge in [-0.1, -0.05) is 31.6 Å². The molecule has 0 saturated heterocycles. The van der Waals surface area contributed by atoms with Crippen LogP contribution in [-0.2, 0) is 0 Å². The highest BCUT2D eigenvalue weighted by atomic mass is 14.4. The molecule has 13 heavy (non-hydrogen) atoms. The summed E-state index contributed by atoms with van der Waals surface area (Å²) in [4.78, 5) is 0. The molecule has 0 amide bonds. The SMILES string of the molecule is CC1=C2C=CCCC1(C(C)C)CC2. The van der Waals surface area contributed by atoms with Crippen molar-refractivity contribution in [3.63, 3.8) is 0 Å². The molecule has 2 aliphatic rings. The van der Waals surface area contributed by atoms with Gasteiger partial charge in [0.2, 0.25) is 0 Å². The normalized spacial score (nSPS) is 32.9. The Morgan fingerprint density at radius 1 is 1.31 bits per heavy atom. The second-order valence-electron chi connectivity index (χ2n) is 4.90. The summed E-state index contributed by atoms with van der Waals surface area (Å²) in [5.74, 6) is 0.810. The van der Waals surface area contributed by atoms with E-state index < -0.39 is 0 Å². The Morgan fingerprint density at radius 2 is 2.08 bits per heavy atom. The molecule has 0 aliphatic heterocycles. The van der Waals surface area contributed by atoms with Gasteiger partial charge in [0, 0.05) is 0 Å². The van der Waals surface area contributed by atoms with E-state index in [-0.39, 0.29) is 0 Å². The molecule has 1 unspecified atom stereocenters. The zero-order valence-corrected chi connectivity index (χ0v) is 9.06. The van der Waals surface area contributed by atoms with E-state index in [0.29, 0.717) is 5.41 Å². The molecule has 0 aromatic carbocycles. The lowest BCUT2D eigenvalue weighted by Crippen LogP contribution is -2.25. The molecule has 2 bridgehead atoms. The topological polar surface area (TPSA) is 0 Å². The monoisotopic (exact) mass is 176 g/mol. The van der Waals surface area contributed by atoms with Gasteiger partial charge in [-0.3, -0.25) is 0 Å². The summed E-state index contributed by atoms with van der Waals surface area (Å²) >= 11 is 0. The van der Waals surface area contributed by atoms with Crippen LogP contribution in [-0.4, -0.2) is 0 Å². The van der Waals surface area contributed by atoms with Crippen molar-refractivity contribution in [3.8, 4) is 0 Å². The van der Waals surface area contributed by atoms with Crippen molar-refractivity contribution in [1.82, 2.24) is 0 Å². The van der Waals surface area contributed by atoms with Gasteiger partial charge in [-0.25, -0.2) is 0 Å². The predicted octanol–water partition coefficient (Wildman–Crippen LogP) is 4.09. The highest BCUT2D eigenvalue weighted by Crippen LogP contribution is 2.52. The highest BCUT2D eigenvalue weighted by Gasteiger charge is 2.40. The van der Waals surface area contributed by atoms with Crippen LogP contribution in [0, 0.1) is 11.3 Å². The molecule has 0 radical (unpaired) electrons. The first kappa shape index (κ1) is 9.05. The van der Waals surface area contributed by atoms with Crippen molar-refractivity contribution in [2.45, 2.75) is 46.5 Å². The fraction of sp³-hybridized carbons (Fsp3) is 0.692. The van der Waals surface area contributed by atoms with Gasteiger partial charge in [0.15, 0.2) is 0 Å². The van der Waals surface area contributed by atoms with Gasteiger partial charge in [-0.2, -0.15) is 0 Å². The van der Waals surface area contributed by atoms with E-state index in [4.69, 9.17) is 0 Å². The third-order valence-electron chi connectivity index (χ3n) is 4.25. The fourth-order valence-electron chi connectivity index (χ4n) is 3.15. The molecule has 1 atom stereocenters. The van der Waals surface area contributed by atoms with Crippen LogP contribution in [0.1, 0.15) is 46.5 Å². The summed E-state index contributed by atoms with van der Waals surface area (Å²) in [7, 11) is 0. The Balaban J connectivity index is 2.41. The van der Waals surface area contributed by atoms with Gasteiger partial charge < -0.3 is 0 Å². The Hall–Kier alpha value is -0.520. The van der Waals surface area contributed by atoms with Crippen molar-refractivity contribution in [3.05, 3.63) is 23.3 Å². The van der Waals surface area contributed by atoms with Gasteiger partial charge >= 0.3 is 0 Å². The Kier molecular flexibility index (Phi) is 2.09. The number of allylic oxidation sites excluding steroid dienone is 4. The lowest BCUT2D eigenvalue weighted by molar-refractivity contribution is 0.225. The van der Waals surface area contributed by atoms with E-state index in [1.165, 1.54) is 25.7 Å². The Bertz CT molecular complexity index is 268. The maximum atomic E-state index is 2.39. The minimum absolute atomic E-state index is 0.554. The maximum absolute atomic E-state index is 2.39. The van der Waals surface area contributed by atoms with Gasteiger partial charge in [-0.15, -0.1) is 0 Å². The molecule has 2 aliphatic carbocycles. The third-order valence-corrected chi connectivity index (χ3v) is 4.25. The number of rotatable bonds is 1. The van der Waals surface area contributed by atoms with Crippen molar-refractivity contribution < 1.29 is 0 Å². The van der Waals surface area contributed by atoms with Crippen LogP contribution in [0.15, 0.2) is 23.3 Å². The number of hydrogen-bond donors (Lipinski definition) is 0. The van der Waals surface area contributed by atoms with Crippen LogP contribution in [0.3, 0.4) is 0 Å². The lowest BCUT2D eigenvalue weighted by Gasteiger charge is -2.35. The van der Waals surface area contributed by atoms with Gasteiger partial charge in [-0.05, 0) is 49.5 Å². The molecule has 0 heterocycles. The summed E-state index contributed by atoms with van der Waals surface area (Å²) in [5, 5.41) is 0. The summed E-state index contributed by atoms with van der Waals surface area (Å²) in [5.41, 5.74) is 3.88. The molecule has 0 nitrogen and oxygen atoms in total. The largest absolute Gasteiger partial charge is 0.0842 e. The fourth-order valence-corrected chi connectivity index (χ4v) is 3.15. The van der Waals surface area contributed by atoms with E-state index >= 15 is 0 Å². The van der Waals surface area contributed by atoms with Gasteiger partial charge in [0.05, 0.1) is 0 Å². The second kappa shape index (κ2) is 3.01. The first-order valence-electron chi connectivity index (χ1n) is 5.53. The van der Waals surface area contributed by atoms with Crippen LogP contribution in [0.4, 0.5) is 0 Å². The van der Waals surface area contributed by atoms with E-state index in [2.05, 4.69) is 32.9 Å². The average Bonchev–Trinajstić information content (AvgIpc) is 2.23. The standard InChI is InChI=1S/C13H20/c1-10(2)13-8-5-4-6-12(7-9-13)11(13)3/h4,6,10H,5,7-9H2,1-3H3. The summed E-state index contributed by atoms with van der Waals surface area (Å²) in [6.07, 6.45) is 10.1. The molecule has 0 fully saturated rings. The molecule has 0 heteroatoms. The van der Waals surface area contributed by atoms with E-state index in [0.717, 1.165) is 5.92 Å². The minimum Gasteiger partial charge on any atom is -0.0842 e. The first-order valence-corrected chi connectivity index (χ1v) is 5.53. The van der Waals surface area contributed by atoms with E-state index in [1.807, 2.05) is 0 Å². The van der Waals surface area contributed by atoms with Crippen molar-refractivity contribution in [2.75, 3.05) is 0 Å². The number of fused-ring (bicyclic) bond motifs is 1. The molecule has 0 saturated carbocycles. The van der Waals surface area contributed by atoms with Crippen LogP contribution >= 0.6 is 0 Å². The van der Waals surface area contributed by atoms with Crippen LogP contribution in [0.25, 0.3) is 0 Å². The van der Waals surface area contributed by atoms with Crippen molar-refractivity contribution in [1.29, 1.82) is 0 Å². The average molecular weight is 176 g/mol. The zero-order chi connectivity index (χ0) is 9.47. The summed E-state index contributed by atoms with van der Waals surface area (Å²) in [6, 6.07) is 0. The lowest BCUT2D eigenvalue weighted by atomic mass is 9.69. The van der Waals surface area contributed by atoms with Crippen LogP contribution < -0.4 is 0 Å². The molecule has 72 valence electrons. The van der Waals surface area contributed by atoms with Crippen LogP contribution in [0.2, 0.25) is 0 Å². The van der Waals surface area contributed by atoms with Crippen molar-refractivity contribution in [2.24, 2.45) is 11.3 Å². The molecule has 0 aromatic heterocycles. The number of hydrogen-bond acceptors (Lipinski definition) is 0. The Labute approximate surface area is 81.7 Å². The van der Waals surface area contributed by atoms with E-state index in [1.54, 1.807) is 11.1 Å². The minimum atomic E-state index is 0.554. The first-order chi connectivity index (χ1) is 6.17. The molecule has 0 spiro atoms. The summed E-state index contributed by atoms with van der Waals surface area (Å²) in [6.45, 7) is 7.13. The molecule has 2 rings (SSSR count). The molecule has 0 N–H and O–H groups in total. The zero-order valence-electron chi connectivity index (χ0n) is 9.06. The van der Waals surface area contributed by atoms with Crippen LogP contribution in [0.5, 0.6) is 0 Å². The van der Waals surface area contributed by atoms with E-state index in [9.17, 15) is 0 Å². The predicted molar refractivity (Wildman–Crippen MR) is 57.6 cm³/mol. The third kappa shape index (κ3) is 1.19. The molecular formula is C13H20. The van der Waals surface area contributed by atoms with Crippen molar-refractivity contribution >= 4 is 0 Å². The van der Waals surface area contributed by atoms with Gasteiger partial charge in [0.25, 0.3) is 0 Å². The highest BCUT2D eigenvalue weighted by molar-refractivity contribution is 5.36. The smallest absolute Gasteiger partial charge is 0.00559 e. The molecular weight excluding hydrogens is 156 g/mol. The second-order valence-corrected chi connectivity index (χ2v) is 4.90.